The smallest absolute Gasteiger partial charge is 0.303 e. The Kier molecular flexibility index (Phi) is 5.55. The zero-order valence-electron chi connectivity index (χ0n) is 11.8. The zero-order chi connectivity index (χ0) is 14.4. The Labute approximate surface area is 114 Å². The largest absolute Gasteiger partial charge is 0.481 e. The van der Waals surface area contributed by atoms with E-state index in [2.05, 4.69) is 18.7 Å². The topological polar surface area (TPSA) is 57.6 Å². The third-order valence-electron chi connectivity index (χ3n) is 3.19. The van der Waals surface area contributed by atoms with Crippen molar-refractivity contribution in [3.8, 4) is 0 Å². The third-order valence-corrected chi connectivity index (χ3v) is 3.19. The van der Waals surface area contributed by atoms with Crippen molar-refractivity contribution >= 4 is 17.4 Å². The molecule has 0 fully saturated rings. The molecule has 1 aromatic rings. The van der Waals surface area contributed by atoms with Gasteiger partial charge in [-0.05, 0) is 44.5 Å². The summed E-state index contributed by atoms with van der Waals surface area (Å²) >= 11 is 0. The van der Waals surface area contributed by atoms with Gasteiger partial charge in [0.05, 0.1) is 6.42 Å². The van der Waals surface area contributed by atoms with Crippen LogP contribution < -0.4 is 4.90 Å². The maximum Gasteiger partial charge on any atom is 0.303 e. The van der Waals surface area contributed by atoms with E-state index in [4.69, 9.17) is 5.11 Å². The molecule has 0 aliphatic carbocycles. The van der Waals surface area contributed by atoms with Crippen molar-refractivity contribution in [2.75, 3.05) is 18.0 Å². The lowest BCUT2D eigenvalue weighted by atomic mass is 10.0. The van der Waals surface area contributed by atoms with Crippen molar-refractivity contribution in [1.29, 1.82) is 0 Å². The number of carbonyl (C=O) groups excluding carboxylic acids is 1. The van der Waals surface area contributed by atoms with Crippen LogP contribution in [0.1, 0.15) is 42.6 Å². The summed E-state index contributed by atoms with van der Waals surface area (Å²) in [5.41, 5.74) is 2.76. The minimum atomic E-state index is -0.940. The lowest BCUT2D eigenvalue weighted by Crippen LogP contribution is -2.22. The molecule has 0 saturated heterocycles. The van der Waals surface area contributed by atoms with Gasteiger partial charge < -0.3 is 10.0 Å². The number of nitrogens with zero attached hydrogens (tertiary/aromatic N) is 1. The standard InChI is InChI=1S/C15H21NO3/c1-4-16(5-2)13-7-6-12(10-11(13)3)14(17)8-9-15(18)19/h6-7,10H,4-5,8-9H2,1-3H3,(H,18,19). The lowest BCUT2D eigenvalue weighted by Gasteiger charge is -2.23. The van der Waals surface area contributed by atoms with Gasteiger partial charge in [0.15, 0.2) is 5.78 Å². The Morgan fingerprint density at radius 2 is 1.79 bits per heavy atom. The fraction of sp³-hybridized carbons (Fsp3) is 0.467. The Morgan fingerprint density at radius 3 is 2.26 bits per heavy atom. The molecule has 0 amide bonds. The van der Waals surface area contributed by atoms with Crippen LogP contribution >= 0.6 is 0 Å². The molecular weight excluding hydrogens is 242 g/mol. The summed E-state index contributed by atoms with van der Waals surface area (Å²) in [6.07, 6.45) is -0.0604. The molecule has 4 heteroatoms. The molecule has 0 atom stereocenters. The van der Waals surface area contributed by atoms with Crippen molar-refractivity contribution in [2.24, 2.45) is 0 Å². The van der Waals surface area contributed by atoms with Gasteiger partial charge in [-0.25, -0.2) is 0 Å². The first-order chi connectivity index (χ1) is 8.99. The summed E-state index contributed by atoms with van der Waals surface area (Å²) in [5, 5.41) is 8.59. The van der Waals surface area contributed by atoms with Gasteiger partial charge in [-0.2, -0.15) is 0 Å². The van der Waals surface area contributed by atoms with Crippen LogP contribution in [0.15, 0.2) is 18.2 Å². The lowest BCUT2D eigenvalue weighted by molar-refractivity contribution is -0.136. The minimum Gasteiger partial charge on any atom is -0.481 e. The highest BCUT2D eigenvalue weighted by molar-refractivity contribution is 5.98. The molecule has 0 saturated carbocycles. The van der Waals surface area contributed by atoms with E-state index in [1.165, 1.54) is 0 Å². The van der Waals surface area contributed by atoms with E-state index in [0.717, 1.165) is 24.3 Å². The summed E-state index contributed by atoms with van der Waals surface area (Å²) in [6.45, 7) is 8.00. The van der Waals surface area contributed by atoms with Crippen molar-refractivity contribution in [3.05, 3.63) is 29.3 Å². The molecule has 0 aliphatic rings. The Bertz CT molecular complexity index is 464. The van der Waals surface area contributed by atoms with E-state index in [1.807, 2.05) is 19.1 Å². The average molecular weight is 263 g/mol. The van der Waals surface area contributed by atoms with Gasteiger partial charge in [0.25, 0.3) is 0 Å². The van der Waals surface area contributed by atoms with Crippen LogP contribution in [0, 0.1) is 6.92 Å². The predicted octanol–water partition coefficient (Wildman–Crippen LogP) is 2.89. The Morgan fingerprint density at radius 1 is 1.16 bits per heavy atom. The summed E-state index contributed by atoms with van der Waals surface area (Å²) in [6, 6.07) is 5.57. The maximum absolute atomic E-state index is 11.8. The van der Waals surface area contributed by atoms with Crippen molar-refractivity contribution in [3.63, 3.8) is 0 Å². The van der Waals surface area contributed by atoms with Gasteiger partial charge >= 0.3 is 5.97 Å². The summed E-state index contributed by atoms with van der Waals surface area (Å²) in [4.78, 5) is 24.5. The van der Waals surface area contributed by atoms with E-state index in [-0.39, 0.29) is 18.6 Å². The molecular formula is C15H21NO3. The maximum atomic E-state index is 11.8. The van der Waals surface area contributed by atoms with Crippen LogP contribution in [-0.4, -0.2) is 29.9 Å². The molecule has 19 heavy (non-hydrogen) atoms. The van der Waals surface area contributed by atoms with Gasteiger partial charge in [-0.1, -0.05) is 0 Å². The fourth-order valence-electron chi connectivity index (χ4n) is 2.11. The first kappa shape index (κ1) is 15.2. The fourth-order valence-corrected chi connectivity index (χ4v) is 2.11. The van der Waals surface area contributed by atoms with E-state index in [9.17, 15) is 9.59 Å². The van der Waals surface area contributed by atoms with Gasteiger partial charge in [-0.15, -0.1) is 0 Å². The summed E-state index contributed by atoms with van der Waals surface area (Å²) < 4.78 is 0. The number of aryl methyl sites for hydroxylation is 1. The molecule has 4 nitrogen and oxygen atoms in total. The molecule has 1 aromatic carbocycles. The van der Waals surface area contributed by atoms with E-state index >= 15 is 0 Å². The Hall–Kier alpha value is -1.84. The second kappa shape index (κ2) is 6.92. The summed E-state index contributed by atoms with van der Waals surface area (Å²) in [7, 11) is 0. The number of hydrogen-bond acceptors (Lipinski definition) is 3. The van der Waals surface area contributed by atoms with Crippen LogP contribution in [0.25, 0.3) is 0 Å². The van der Waals surface area contributed by atoms with Gasteiger partial charge in [0.1, 0.15) is 0 Å². The average Bonchev–Trinajstić information content (AvgIpc) is 2.39. The molecule has 1 rings (SSSR count). The highest BCUT2D eigenvalue weighted by Gasteiger charge is 2.11. The van der Waals surface area contributed by atoms with Crippen LogP contribution in [0.3, 0.4) is 0 Å². The molecule has 0 aliphatic heterocycles. The highest BCUT2D eigenvalue weighted by atomic mass is 16.4. The molecule has 0 aromatic heterocycles. The monoisotopic (exact) mass is 263 g/mol. The van der Waals surface area contributed by atoms with Crippen molar-refractivity contribution in [1.82, 2.24) is 0 Å². The zero-order valence-corrected chi connectivity index (χ0v) is 11.8. The summed E-state index contributed by atoms with van der Waals surface area (Å²) in [5.74, 6) is -1.05. The van der Waals surface area contributed by atoms with Gasteiger partial charge in [-0.3, -0.25) is 9.59 Å². The normalized spacial score (nSPS) is 10.3. The molecule has 0 spiro atoms. The van der Waals surface area contributed by atoms with E-state index in [0.29, 0.717) is 5.56 Å². The van der Waals surface area contributed by atoms with E-state index in [1.54, 1.807) is 6.07 Å². The molecule has 0 heterocycles. The number of carbonyl (C=O) groups is 2. The Balaban J connectivity index is 2.87. The van der Waals surface area contributed by atoms with Crippen LogP contribution in [0.2, 0.25) is 0 Å². The first-order valence-corrected chi connectivity index (χ1v) is 6.60. The second-order valence-corrected chi connectivity index (χ2v) is 4.49. The highest BCUT2D eigenvalue weighted by Crippen LogP contribution is 2.22. The predicted molar refractivity (Wildman–Crippen MR) is 75.9 cm³/mol. The number of Topliss-reactive ketones (excluding diaryl/α,β-unsaturated/α-hetero) is 1. The number of rotatable bonds is 7. The second-order valence-electron chi connectivity index (χ2n) is 4.49. The number of carboxylic acid groups (broad SMARTS) is 1. The molecule has 0 radical (unpaired) electrons. The number of aliphatic carboxylic acids is 1. The van der Waals surface area contributed by atoms with Crippen LogP contribution in [0.4, 0.5) is 5.69 Å². The number of anilines is 1. The quantitative estimate of drug-likeness (QED) is 0.768. The van der Waals surface area contributed by atoms with Crippen LogP contribution in [0.5, 0.6) is 0 Å². The van der Waals surface area contributed by atoms with Crippen LogP contribution in [-0.2, 0) is 4.79 Å². The number of hydrogen-bond donors (Lipinski definition) is 1. The van der Waals surface area contributed by atoms with Crippen molar-refractivity contribution < 1.29 is 14.7 Å². The third kappa shape index (κ3) is 4.09. The van der Waals surface area contributed by atoms with Crippen molar-refractivity contribution in [2.45, 2.75) is 33.6 Å². The van der Waals surface area contributed by atoms with Gasteiger partial charge in [0.2, 0.25) is 0 Å². The number of carboxylic acids is 1. The SMILES string of the molecule is CCN(CC)c1ccc(C(=O)CCC(=O)O)cc1C. The molecule has 1 N–H and O–H groups in total. The molecule has 0 unspecified atom stereocenters. The molecule has 104 valence electrons. The van der Waals surface area contributed by atoms with Gasteiger partial charge in [0, 0.05) is 30.8 Å². The van der Waals surface area contributed by atoms with E-state index < -0.39 is 5.97 Å². The minimum absolute atomic E-state index is 0.0550. The first-order valence-electron chi connectivity index (χ1n) is 6.60. The number of ketones is 1. The molecule has 0 bridgehead atoms. The number of benzene rings is 1.